The van der Waals surface area contributed by atoms with Crippen LogP contribution in [0.3, 0.4) is 0 Å². The third-order valence-electron chi connectivity index (χ3n) is 4.40. The Morgan fingerprint density at radius 3 is 2.33 bits per heavy atom. The van der Waals surface area contributed by atoms with Crippen molar-refractivity contribution in [3.63, 3.8) is 0 Å². The van der Waals surface area contributed by atoms with Crippen molar-refractivity contribution in [2.24, 2.45) is 17.3 Å². The molecule has 1 aliphatic heterocycles. The van der Waals surface area contributed by atoms with Crippen LogP contribution in [0.4, 0.5) is 0 Å². The third kappa shape index (κ3) is 5.40. The Morgan fingerprint density at radius 1 is 1.22 bits per heavy atom. The van der Waals surface area contributed by atoms with Crippen molar-refractivity contribution in [2.75, 3.05) is 19.6 Å². The lowest BCUT2D eigenvalue weighted by Gasteiger charge is -2.33. The lowest BCUT2D eigenvalue weighted by molar-refractivity contribution is 0.155. The van der Waals surface area contributed by atoms with Gasteiger partial charge in [0.2, 0.25) is 0 Å². The van der Waals surface area contributed by atoms with Crippen LogP contribution in [0.15, 0.2) is 0 Å². The second-order valence-corrected chi connectivity index (χ2v) is 6.88. The normalized spacial score (nSPS) is 19.1. The molecule has 0 spiro atoms. The molecule has 1 saturated heterocycles. The van der Waals surface area contributed by atoms with Gasteiger partial charge < -0.3 is 4.90 Å². The maximum Gasteiger partial charge on any atom is 0.0683 e. The number of hydrogen-bond acceptors (Lipinski definition) is 2. The van der Waals surface area contributed by atoms with Crippen LogP contribution in [0.2, 0.25) is 0 Å². The van der Waals surface area contributed by atoms with Crippen LogP contribution in [0.25, 0.3) is 0 Å². The number of piperidine rings is 1. The van der Waals surface area contributed by atoms with E-state index in [9.17, 15) is 0 Å². The van der Waals surface area contributed by atoms with Crippen LogP contribution in [-0.4, -0.2) is 24.5 Å². The highest BCUT2D eigenvalue weighted by Gasteiger charge is 2.21. The smallest absolute Gasteiger partial charge is 0.0683 e. The monoisotopic (exact) mass is 250 g/mol. The minimum atomic E-state index is -0.134. The van der Waals surface area contributed by atoms with Crippen molar-refractivity contribution in [3.05, 3.63) is 0 Å². The van der Waals surface area contributed by atoms with Crippen LogP contribution >= 0.6 is 0 Å². The van der Waals surface area contributed by atoms with Gasteiger partial charge in [0.15, 0.2) is 0 Å². The molecule has 0 radical (unpaired) electrons. The summed E-state index contributed by atoms with van der Waals surface area (Å²) in [4.78, 5) is 2.61. The molecule has 0 atom stereocenters. The van der Waals surface area contributed by atoms with E-state index in [2.05, 4.69) is 24.8 Å². The zero-order chi connectivity index (χ0) is 13.6. The number of nitriles is 1. The van der Waals surface area contributed by atoms with Crippen LogP contribution in [0.1, 0.15) is 59.8 Å². The maximum atomic E-state index is 8.96. The average Bonchev–Trinajstić information content (AvgIpc) is 2.35. The van der Waals surface area contributed by atoms with Crippen molar-refractivity contribution in [3.8, 4) is 6.07 Å². The van der Waals surface area contributed by atoms with E-state index in [1.807, 2.05) is 13.8 Å². The molecule has 0 aromatic heterocycles. The van der Waals surface area contributed by atoms with Crippen molar-refractivity contribution in [1.29, 1.82) is 5.26 Å². The minimum Gasteiger partial charge on any atom is -0.303 e. The van der Waals surface area contributed by atoms with Crippen LogP contribution in [0.5, 0.6) is 0 Å². The Kier molecular flexibility index (Phi) is 6.15. The highest BCUT2D eigenvalue weighted by atomic mass is 15.1. The largest absolute Gasteiger partial charge is 0.303 e. The van der Waals surface area contributed by atoms with E-state index in [1.54, 1.807) is 0 Å². The van der Waals surface area contributed by atoms with E-state index in [4.69, 9.17) is 5.26 Å². The Hall–Kier alpha value is -0.550. The molecule has 0 unspecified atom stereocenters. The number of hydrogen-bond donors (Lipinski definition) is 0. The van der Waals surface area contributed by atoms with Gasteiger partial charge in [0.05, 0.1) is 11.5 Å². The molecule has 18 heavy (non-hydrogen) atoms. The first-order chi connectivity index (χ1) is 8.44. The summed E-state index contributed by atoms with van der Waals surface area (Å²) in [6.07, 6.45) is 6.22. The molecule has 1 rings (SSSR count). The van der Waals surface area contributed by atoms with Gasteiger partial charge in [-0.3, -0.25) is 0 Å². The molecule has 1 fully saturated rings. The van der Waals surface area contributed by atoms with Gasteiger partial charge in [-0.15, -0.1) is 0 Å². The van der Waals surface area contributed by atoms with E-state index in [0.717, 1.165) is 18.3 Å². The quantitative estimate of drug-likeness (QED) is 0.664. The van der Waals surface area contributed by atoms with Crippen molar-refractivity contribution < 1.29 is 0 Å². The standard InChI is InChI=1S/C16H30N2/c1-14(2)15-7-11-18(12-8-15)10-6-5-9-16(3,4)13-17/h14-15H,5-12H2,1-4H3. The lowest BCUT2D eigenvalue weighted by atomic mass is 9.86. The molecule has 1 heterocycles. The highest BCUT2D eigenvalue weighted by molar-refractivity contribution is 4.91. The Morgan fingerprint density at radius 2 is 1.83 bits per heavy atom. The number of rotatable bonds is 6. The lowest BCUT2D eigenvalue weighted by Crippen LogP contribution is -2.35. The molecule has 0 aliphatic carbocycles. The zero-order valence-electron chi connectivity index (χ0n) is 12.7. The first-order valence-corrected chi connectivity index (χ1v) is 7.58. The second-order valence-electron chi connectivity index (χ2n) is 6.88. The molecule has 2 heteroatoms. The van der Waals surface area contributed by atoms with E-state index in [-0.39, 0.29) is 5.41 Å². The highest BCUT2D eigenvalue weighted by Crippen LogP contribution is 2.25. The number of likely N-dealkylation sites (tertiary alicyclic amines) is 1. The molecule has 0 bridgehead atoms. The summed E-state index contributed by atoms with van der Waals surface area (Å²) in [5, 5.41) is 8.96. The van der Waals surface area contributed by atoms with Crippen molar-refractivity contribution in [2.45, 2.75) is 59.8 Å². The van der Waals surface area contributed by atoms with Crippen LogP contribution in [0, 0.1) is 28.6 Å². The van der Waals surface area contributed by atoms with Gasteiger partial charge in [-0.2, -0.15) is 5.26 Å². The molecular weight excluding hydrogens is 220 g/mol. The summed E-state index contributed by atoms with van der Waals surface area (Å²) in [5.41, 5.74) is -0.134. The Labute approximate surface area is 113 Å². The molecule has 0 amide bonds. The van der Waals surface area contributed by atoms with E-state index in [1.165, 1.54) is 45.3 Å². The first kappa shape index (κ1) is 15.5. The van der Waals surface area contributed by atoms with Crippen LogP contribution in [-0.2, 0) is 0 Å². The fraction of sp³-hybridized carbons (Fsp3) is 0.938. The van der Waals surface area contributed by atoms with Gasteiger partial charge in [-0.05, 0) is 71.0 Å². The van der Waals surface area contributed by atoms with Crippen LogP contribution < -0.4 is 0 Å². The summed E-state index contributed by atoms with van der Waals surface area (Å²) in [7, 11) is 0. The molecule has 2 nitrogen and oxygen atoms in total. The molecule has 0 aromatic rings. The van der Waals surface area contributed by atoms with Gasteiger partial charge in [0.25, 0.3) is 0 Å². The fourth-order valence-electron chi connectivity index (χ4n) is 2.80. The summed E-state index contributed by atoms with van der Waals surface area (Å²) in [5.74, 6) is 1.79. The summed E-state index contributed by atoms with van der Waals surface area (Å²) in [6, 6.07) is 2.38. The predicted molar refractivity (Wildman–Crippen MR) is 77.2 cm³/mol. The van der Waals surface area contributed by atoms with E-state index in [0.29, 0.717) is 0 Å². The summed E-state index contributed by atoms with van der Waals surface area (Å²) in [6.45, 7) is 12.6. The van der Waals surface area contributed by atoms with E-state index < -0.39 is 0 Å². The molecular formula is C16H30N2. The molecule has 0 N–H and O–H groups in total. The average molecular weight is 250 g/mol. The summed E-state index contributed by atoms with van der Waals surface area (Å²) >= 11 is 0. The van der Waals surface area contributed by atoms with Gasteiger partial charge in [0, 0.05) is 0 Å². The van der Waals surface area contributed by atoms with Crippen molar-refractivity contribution >= 4 is 0 Å². The Balaban J connectivity index is 2.10. The molecule has 1 aliphatic rings. The Bertz CT molecular complexity index is 267. The van der Waals surface area contributed by atoms with E-state index >= 15 is 0 Å². The number of nitrogens with zero attached hydrogens (tertiary/aromatic N) is 2. The second kappa shape index (κ2) is 7.14. The topological polar surface area (TPSA) is 27.0 Å². The van der Waals surface area contributed by atoms with Gasteiger partial charge in [-0.1, -0.05) is 20.3 Å². The molecule has 0 aromatic carbocycles. The van der Waals surface area contributed by atoms with Gasteiger partial charge >= 0.3 is 0 Å². The predicted octanol–water partition coefficient (Wildman–Crippen LogP) is 4.07. The van der Waals surface area contributed by atoms with Gasteiger partial charge in [0.1, 0.15) is 0 Å². The zero-order valence-corrected chi connectivity index (χ0v) is 12.7. The summed E-state index contributed by atoms with van der Waals surface area (Å²) < 4.78 is 0. The molecule has 104 valence electrons. The fourth-order valence-corrected chi connectivity index (χ4v) is 2.80. The van der Waals surface area contributed by atoms with Gasteiger partial charge in [-0.25, -0.2) is 0 Å². The first-order valence-electron chi connectivity index (χ1n) is 7.58. The SMILES string of the molecule is CC(C)C1CCN(CCCCC(C)(C)C#N)CC1. The molecule has 0 saturated carbocycles. The van der Waals surface area contributed by atoms with Crippen molar-refractivity contribution in [1.82, 2.24) is 4.90 Å². The number of unbranched alkanes of at least 4 members (excludes halogenated alkanes) is 1. The maximum absolute atomic E-state index is 8.96. The third-order valence-corrected chi connectivity index (χ3v) is 4.40. The minimum absolute atomic E-state index is 0.134.